The summed E-state index contributed by atoms with van der Waals surface area (Å²) in [6.07, 6.45) is 8.11. The Morgan fingerprint density at radius 2 is 1.93 bits per heavy atom. The summed E-state index contributed by atoms with van der Waals surface area (Å²) in [7, 11) is 1.94. The van der Waals surface area contributed by atoms with Crippen LogP contribution in [0.2, 0.25) is 0 Å². The second kappa shape index (κ2) is 9.39. The third kappa shape index (κ3) is 4.66. The average Bonchev–Trinajstić information content (AvgIpc) is 3.49. The maximum atomic E-state index is 4.63. The van der Waals surface area contributed by atoms with E-state index < -0.39 is 0 Å². The number of aliphatic imine (C=N–C) groups is 1. The van der Waals surface area contributed by atoms with Crippen molar-refractivity contribution in [1.29, 1.82) is 0 Å². The molecular formula is C21H35N5S. The number of thiophene rings is 1. The molecule has 1 aromatic rings. The average molecular weight is 390 g/mol. The molecule has 4 rings (SSSR count). The van der Waals surface area contributed by atoms with Gasteiger partial charge in [0, 0.05) is 37.6 Å². The normalized spacial score (nSPS) is 26.6. The molecule has 27 heavy (non-hydrogen) atoms. The Hall–Kier alpha value is -1.11. The highest BCUT2D eigenvalue weighted by molar-refractivity contribution is 7.10. The van der Waals surface area contributed by atoms with Gasteiger partial charge in [-0.1, -0.05) is 12.5 Å². The monoisotopic (exact) mass is 389 g/mol. The van der Waals surface area contributed by atoms with Gasteiger partial charge in [0.1, 0.15) is 0 Å². The van der Waals surface area contributed by atoms with Crippen LogP contribution in [0.25, 0.3) is 0 Å². The van der Waals surface area contributed by atoms with E-state index in [0.29, 0.717) is 6.04 Å². The summed E-state index contributed by atoms with van der Waals surface area (Å²) in [5.74, 6) is 1.09. The lowest BCUT2D eigenvalue weighted by atomic mass is 10.1. The minimum atomic E-state index is 0.477. The van der Waals surface area contributed by atoms with Crippen molar-refractivity contribution in [2.75, 3.05) is 52.9 Å². The fourth-order valence-electron chi connectivity index (χ4n) is 4.98. The molecule has 6 heteroatoms. The number of guanidine groups is 1. The van der Waals surface area contributed by atoms with Gasteiger partial charge in [-0.25, -0.2) is 0 Å². The molecule has 4 heterocycles. The van der Waals surface area contributed by atoms with Crippen molar-refractivity contribution in [1.82, 2.24) is 20.0 Å². The molecule has 3 aliphatic rings. The molecule has 1 N–H and O–H groups in total. The van der Waals surface area contributed by atoms with Crippen molar-refractivity contribution < 1.29 is 0 Å². The first-order chi connectivity index (χ1) is 13.3. The number of hydrogen-bond acceptors (Lipinski definition) is 4. The third-order valence-corrected chi connectivity index (χ3v) is 7.46. The number of nitrogens with one attached hydrogen (secondary N) is 1. The van der Waals surface area contributed by atoms with E-state index in [2.05, 4.69) is 42.5 Å². The molecule has 3 saturated heterocycles. The molecular weight excluding hydrogens is 354 g/mol. The van der Waals surface area contributed by atoms with Gasteiger partial charge in [0.25, 0.3) is 0 Å². The Kier molecular flexibility index (Phi) is 6.69. The summed E-state index contributed by atoms with van der Waals surface area (Å²) in [5, 5.41) is 5.93. The Balaban J connectivity index is 1.34. The molecule has 2 unspecified atom stereocenters. The first-order valence-corrected chi connectivity index (χ1v) is 11.7. The molecule has 0 aromatic carbocycles. The second-order valence-corrected chi connectivity index (χ2v) is 9.17. The molecule has 0 radical (unpaired) electrons. The van der Waals surface area contributed by atoms with Crippen LogP contribution >= 0.6 is 11.3 Å². The van der Waals surface area contributed by atoms with Gasteiger partial charge in [-0.2, -0.15) is 0 Å². The summed E-state index contributed by atoms with van der Waals surface area (Å²) in [6.45, 7) is 8.26. The van der Waals surface area contributed by atoms with Crippen LogP contribution in [-0.4, -0.2) is 79.6 Å². The quantitative estimate of drug-likeness (QED) is 0.620. The lowest BCUT2D eigenvalue weighted by Gasteiger charge is -2.33. The van der Waals surface area contributed by atoms with E-state index in [0.717, 1.165) is 31.6 Å². The largest absolute Gasteiger partial charge is 0.354 e. The third-order valence-electron chi connectivity index (χ3n) is 6.49. The molecule has 0 spiro atoms. The van der Waals surface area contributed by atoms with Crippen LogP contribution in [0.1, 0.15) is 49.4 Å². The van der Waals surface area contributed by atoms with Gasteiger partial charge in [0.2, 0.25) is 0 Å². The number of rotatable bonds is 5. The first kappa shape index (κ1) is 19.2. The maximum Gasteiger partial charge on any atom is 0.193 e. The van der Waals surface area contributed by atoms with Crippen molar-refractivity contribution in [3.8, 4) is 0 Å². The van der Waals surface area contributed by atoms with Gasteiger partial charge in [0.15, 0.2) is 5.96 Å². The molecule has 3 aliphatic heterocycles. The van der Waals surface area contributed by atoms with Crippen molar-refractivity contribution >= 4 is 17.3 Å². The van der Waals surface area contributed by atoms with Gasteiger partial charge >= 0.3 is 0 Å². The van der Waals surface area contributed by atoms with Crippen LogP contribution in [-0.2, 0) is 0 Å². The predicted molar refractivity (Wildman–Crippen MR) is 115 cm³/mol. The Labute approximate surface area is 168 Å². The van der Waals surface area contributed by atoms with Crippen LogP contribution in [0, 0.1) is 0 Å². The molecule has 0 saturated carbocycles. The summed E-state index contributed by atoms with van der Waals surface area (Å²) in [5.41, 5.74) is 0. The van der Waals surface area contributed by atoms with Crippen LogP contribution < -0.4 is 5.32 Å². The summed E-state index contributed by atoms with van der Waals surface area (Å²) in [4.78, 5) is 14.0. The van der Waals surface area contributed by atoms with E-state index in [1.54, 1.807) is 0 Å². The molecule has 3 fully saturated rings. The second-order valence-electron chi connectivity index (χ2n) is 8.19. The zero-order valence-electron chi connectivity index (χ0n) is 16.8. The zero-order chi connectivity index (χ0) is 18.5. The number of hydrogen-bond donors (Lipinski definition) is 1. The smallest absolute Gasteiger partial charge is 0.193 e. The minimum Gasteiger partial charge on any atom is -0.354 e. The van der Waals surface area contributed by atoms with Crippen LogP contribution in [0.15, 0.2) is 22.5 Å². The van der Waals surface area contributed by atoms with E-state index in [9.17, 15) is 0 Å². The molecule has 5 nitrogen and oxygen atoms in total. The van der Waals surface area contributed by atoms with Crippen molar-refractivity contribution in [3.63, 3.8) is 0 Å². The highest BCUT2D eigenvalue weighted by Crippen LogP contribution is 2.28. The highest BCUT2D eigenvalue weighted by Gasteiger charge is 2.31. The van der Waals surface area contributed by atoms with E-state index in [1.165, 1.54) is 69.6 Å². The fraction of sp³-hybridized carbons (Fsp3) is 0.762. The zero-order valence-corrected chi connectivity index (χ0v) is 17.6. The molecule has 150 valence electrons. The first-order valence-electron chi connectivity index (χ1n) is 10.8. The van der Waals surface area contributed by atoms with Gasteiger partial charge in [-0.15, -0.1) is 11.3 Å². The van der Waals surface area contributed by atoms with Crippen LogP contribution in [0.3, 0.4) is 0 Å². The van der Waals surface area contributed by atoms with Crippen molar-refractivity contribution in [3.05, 3.63) is 22.4 Å². The topological polar surface area (TPSA) is 34.1 Å². The van der Waals surface area contributed by atoms with Gasteiger partial charge in [0.05, 0.1) is 6.04 Å². The number of likely N-dealkylation sites (tertiary alicyclic amines) is 3. The Morgan fingerprint density at radius 3 is 2.63 bits per heavy atom. The highest BCUT2D eigenvalue weighted by atomic mass is 32.1. The standard InChI is InChI=1S/C21H35N5S/c1-22-21(26-14-9-18(17-26)24-10-3-2-4-11-24)23-16-19(20-8-7-15-27-20)25-12-5-6-13-25/h7-8,15,18-19H,2-6,9-14,16-17H2,1H3,(H,22,23). The molecule has 0 amide bonds. The van der Waals surface area contributed by atoms with Crippen LogP contribution in [0.5, 0.6) is 0 Å². The molecule has 0 bridgehead atoms. The number of nitrogens with zero attached hydrogens (tertiary/aromatic N) is 4. The SMILES string of the molecule is CN=C(NCC(c1cccs1)N1CCCC1)N1CCC(N2CCCCC2)C1. The minimum absolute atomic E-state index is 0.477. The lowest BCUT2D eigenvalue weighted by molar-refractivity contribution is 0.168. The predicted octanol–water partition coefficient (Wildman–Crippen LogP) is 3.02. The van der Waals surface area contributed by atoms with E-state index >= 15 is 0 Å². The summed E-state index contributed by atoms with van der Waals surface area (Å²) < 4.78 is 0. The van der Waals surface area contributed by atoms with Crippen molar-refractivity contribution in [2.24, 2.45) is 4.99 Å². The Bertz CT molecular complexity index is 590. The van der Waals surface area contributed by atoms with E-state index in [1.807, 2.05) is 18.4 Å². The maximum absolute atomic E-state index is 4.63. The van der Waals surface area contributed by atoms with Crippen LogP contribution in [0.4, 0.5) is 0 Å². The number of piperidine rings is 1. The molecule has 2 atom stereocenters. The Morgan fingerprint density at radius 1 is 1.15 bits per heavy atom. The summed E-state index contributed by atoms with van der Waals surface area (Å²) >= 11 is 1.89. The molecule has 0 aliphatic carbocycles. The van der Waals surface area contributed by atoms with Gasteiger partial charge in [-0.05, 0) is 69.7 Å². The molecule has 1 aromatic heterocycles. The van der Waals surface area contributed by atoms with E-state index in [4.69, 9.17) is 0 Å². The van der Waals surface area contributed by atoms with Gasteiger partial charge in [-0.3, -0.25) is 14.8 Å². The van der Waals surface area contributed by atoms with Crippen molar-refractivity contribution in [2.45, 2.75) is 50.6 Å². The van der Waals surface area contributed by atoms with E-state index in [-0.39, 0.29) is 0 Å². The van der Waals surface area contributed by atoms with Gasteiger partial charge < -0.3 is 10.2 Å². The summed E-state index contributed by atoms with van der Waals surface area (Å²) in [6, 6.07) is 5.67. The fourth-order valence-corrected chi connectivity index (χ4v) is 5.84. The lowest BCUT2D eigenvalue weighted by Crippen LogP contribution is -2.46.